The van der Waals surface area contributed by atoms with Crippen LogP contribution < -0.4 is 25.4 Å². The van der Waals surface area contributed by atoms with Crippen LogP contribution in [0.5, 0.6) is 11.6 Å². The molecule has 5 rings (SSSR count). The van der Waals surface area contributed by atoms with Crippen LogP contribution in [0.2, 0.25) is 0 Å². The maximum atomic E-state index is 15.1. The molecule has 0 spiro atoms. The summed E-state index contributed by atoms with van der Waals surface area (Å²) in [5.74, 6) is -2.67. The van der Waals surface area contributed by atoms with E-state index in [1.165, 1.54) is 44.6 Å². The molecule has 4 aromatic rings. The first kappa shape index (κ1) is 42.5. The number of carbonyl (C=O) groups is 3. The maximum absolute atomic E-state index is 15.1. The average molecular weight is 789 g/mol. The fourth-order valence-electron chi connectivity index (χ4n) is 6.93. The molecule has 3 amide bonds. The minimum Gasteiger partial charge on any atom is -0.490 e. The second-order valence-corrected chi connectivity index (χ2v) is 15.3. The second-order valence-electron chi connectivity index (χ2n) is 15.3. The summed E-state index contributed by atoms with van der Waals surface area (Å²) in [6.45, 7) is 6.77. The van der Waals surface area contributed by atoms with Gasteiger partial charge in [-0.2, -0.15) is 0 Å². The Hall–Kier alpha value is -5.60. The smallest absolute Gasteiger partial charge is 0.407 e. The normalized spacial score (nSPS) is 17.2. The Kier molecular flexibility index (Phi) is 13.9. The predicted molar refractivity (Wildman–Crippen MR) is 208 cm³/mol. The molecule has 1 aromatic heterocycles. The van der Waals surface area contributed by atoms with Crippen molar-refractivity contribution in [3.05, 3.63) is 113 Å². The van der Waals surface area contributed by atoms with Gasteiger partial charge in [-0.25, -0.2) is 18.6 Å². The second kappa shape index (κ2) is 18.6. The van der Waals surface area contributed by atoms with Gasteiger partial charge < -0.3 is 40.4 Å². The van der Waals surface area contributed by atoms with Crippen molar-refractivity contribution < 1.29 is 47.6 Å². The largest absolute Gasteiger partial charge is 0.490 e. The fraction of sp³-hybridized carbons (Fsp3) is 0.395. The van der Waals surface area contributed by atoms with Gasteiger partial charge in [-0.05, 0) is 78.1 Å². The highest BCUT2D eigenvalue weighted by Gasteiger charge is 2.38. The van der Waals surface area contributed by atoms with E-state index in [9.17, 15) is 29.0 Å². The standard InChI is InChI=1S/C43H50F2N4O8/c1-24-17-30(44)21-31-37(35(51)23-57-38(24)31)48-40(52)29(19-27-9-7-8-10-32(27)45)20-34(50)33(47-41(53)39(43(2,3)4)49-42(54)56-6)18-25-11-13-26(14-12-25)28-15-16-36(55-5)46-22-28/h7-17,21-22,29,33-35,37,39,50-51H,18-20,23H2,1-6H3,(H,47,53)(H,48,52)(H,49,54)/t29-,33+,34+,35-,37+,39-/m1/s1. The van der Waals surface area contributed by atoms with Gasteiger partial charge in [0.1, 0.15) is 36.1 Å². The average Bonchev–Trinajstić information content (AvgIpc) is 3.17. The van der Waals surface area contributed by atoms with Crippen LogP contribution in [0.4, 0.5) is 13.6 Å². The van der Waals surface area contributed by atoms with Crippen molar-refractivity contribution in [3.63, 3.8) is 0 Å². The van der Waals surface area contributed by atoms with E-state index in [1.54, 1.807) is 46.0 Å². The molecule has 0 saturated heterocycles. The third-order valence-corrected chi connectivity index (χ3v) is 10.1. The number of hydrogen-bond donors (Lipinski definition) is 5. The number of alkyl carbamates (subject to hydrolysis) is 1. The van der Waals surface area contributed by atoms with Crippen molar-refractivity contribution in [3.8, 4) is 22.8 Å². The van der Waals surface area contributed by atoms with Gasteiger partial charge >= 0.3 is 6.09 Å². The molecule has 5 N–H and O–H groups in total. The van der Waals surface area contributed by atoms with Crippen LogP contribution in [-0.4, -0.2) is 78.2 Å². The number of pyridine rings is 1. The number of benzene rings is 3. The summed E-state index contributed by atoms with van der Waals surface area (Å²) in [4.78, 5) is 44.8. The van der Waals surface area contributed by atoms with Crippen LogP contribution >= 0.6 is 0 Å². The first-order valence-electron chi connectivity index (χ1n) is 18.6. The number of aliphatic hydroxyl groups is 2. The molecule has 0 radical (unpaired) electrons. The Labute approximate surface area is 331 Å². The highest BCUT2D eigenvalue weighted by Crippen LogP contribution is 2.36. The highest BCUT2D eigenvalue weighted by atomic mass is 19.1. The number of aromatic nitrogens is 1. The summed E-state index contributed by atoms with van der Waals surface area (Å²) >= 11 is 0. The predicted octanol–water partition coefficient (Wildman–Crippen LogP) is 5.36. The van der Waals surface area contributed by atoms with Crippen molar-refractivity contribution >= 4 is 17.9 Å². The SMILES string of the molecule is COC(=O)N[C@H](C(=O)N[C@@H](Cc1ccc(-c2ccc(OC)nc2)cc1)[C@@H](O)C[C@@H](Cc1ccccc1F)C(=O)N[C@H]1c2cc(F)cc(C)c2OC[C@H]1O)C(C)(C)C. The third kappa shape index (κ3) is 10.8. The van der Waals surface area contributed by atoms with Gasteiger partial charge in [0.2, 0.25) is 17.7 Å². The molecule has 1 aliphatic heterocycles. The molecule has 6 atom stereocenters. The van der Waals surface area contributed by atoms with Crippen LogP contribution in [0.1, 0.15) is 55.5 Å². The highest BCUT2D eigenvalue weighted by molar-refractivity contribution is 5.86. The van der Waals surface area contributed by atoms with E-state index in [0.29, 0.717) is 17.2 Å². The Balaban J connectivity index is 1.46. The summed E-state index contributed by atoms with van der Waals surface area (Å²) in [6.07, 6.45) is -2.09. The first-order valence-corrected chi connectivity index (χ1v) is 18.6. The molecule has 0 aliphatic carbocycles. The van der Waals surface area contributed by atoms with Gasteiger partial charge in [0.05, 0.1) is 32.4 Å². The quantitative estimate of drug-likeness (QED) is 0.113. The topological polar surface area (TPSA) is 168 Å². The van der Waals surface area contributed by atoms with Crippen LogP contribution in [0.25, 0.3) is 11.1 Å². The van der Waals surface area contributed by atoms with Crippen molar-refractivity contribution in [2.45, 2.75) is 77.3 Å². The van der Waals surface area contributed by atoms with E-state index in [1.807, 2.05) is 30.3 Å². The summed E-state index contributed by atoms with van der Waals surface area (Å²) in [5, 5.41) is 31.3. The molecule has 0 fully saturated rings. The molecule has 12 nitrogen and oxygen atoms in total. The van der Waals surface area contributed by atoms with Crippen molar-refractivity contribution in [2.75, 3.05) is 20.8 Å². The molecule has 3 aromatic carbocycles. The van der Waals surface area contributed by atoms with Gasteiger partial charge in [0.25, 0.3) is 0 Å². The minimum absolute atomic E-state index is 0.0990. The molecular weight excluding hydrogens is 738 g/mol. The Morgan fingerprint density at radius 3 is 2.28 bits per heavy atom. The lowest BCUT2D eigenvalue weighted by Gasteiger charge is -2.35. The number of amides is 3. The number of aryl methyl sites for hydroxylation is 1. The van der Waals surface area contributed by atoms with E-state index in [-0.39, 0.29) is 37.0 Å². The number of aliphatic hydroxyl groups excluding tert-OH is 2. The first-order chi connectivity index (χ1) is 27.1. The van der Waals surface area contributed by atoms with Crippen molar-refractivity contribution in [1.29, 1.82) is 0 Å². The summed E-state index contributed by atoms with van der Waals surface area (Å²) in [5.41, 5.74) is 2.58. The maximum Gasteiger partial charge on any atom is 0.407 e. The minimum atomic E-state index is -1.40. The Bertz CT molecular complexity index is 2020. The van der Waals surface area contributed by atoms with Gasteiger partial charge in [0.15, 0.2) is 0 Å². The number of carbonyl (C=O) groups excluding carboxylic acids is 3. The lowest BCUT2D eigenvalue weighted by atomic mass is 9.85. The Morgan fingerprint density at radius 2 is 1.65 bits per heavy atom. The van der Waals surface area contributed by atoms with E-state index >= 15 is 4.39 Å². The molecule has 0 saturated carbocycles. The number of hydrogen-bond acceptors (Lipinski definition) is 9. The zero-order valence-electron chi connectivity index (χ0n) is 32.8. The number of fused-ring (bicyclic) bond motifs is 1. The lowest BCUT2D eigenvalue weighted by Crippen LogP contribution is -2.57. The van der Waals surface area contributed by atoms with Gasteiger partial charge in [-0.1, -0.05) is 63.2 Å². The van der Waals surface area contributed by atoms with E-state index in [2.05, 4.69) is 20.9 Å². The van der Waals surface area contributed by atoms with E-state index in [0.717, 1.165) is 16.7 Å². The van der Waals surface area contributed by atoms with Crippen LogP contribution in [0, 0.1) is 29.9 Å². The summed E-state index contributed by atoms with van der Waals surface area (Å²) < 4.78 is 45.3. The molecular formula is C43H50F2N4O8. The number of methoxy groups -OCH3 is 2. The number of nitrogens with zero attached hydrogens (tertiary/aromatic N) is 1. The lowest BCUT2D eigenvalue weighted by molar-refractivity contribution is -0.128. The van der Waals surface area contributed by atoms with E-state index in [4.69, 9.17) is 14.2 Å². The molecule has 0 bridgehead atoms. The number of halogens is 2. The van der Waals surface area contributed by atoms with Gasteiger partial charge in [-0.15, -0.1) is 0 Å². The molecule has 14 heteroatoms. The molecule has 2 heterocycles. The number of ether oxygens (including phenoxy) is 3. The fourth-order valence-corrected chi connectivity index (χ4v) is 6.93. The van der Waals surface area contributed by atoms with Crippen LogP contribution in [0.15, 0.2) is 79.0 Å². The van der Waals surface area contributed by atoms with Crippen LogP contribution in [-0.2, 0) is 27.2 Å². The van der Waals surface area contributed by atoms with E-state index < -0.39 is 71.2 Å². The molecule has 1 aliphatic rings. The van der Waals surface area contributed by atoms with Crippen molar-refractivity contribution in [1.82, 2.24) is 20.9 Å². The zero-order chi connectivity index (χ0) is 41.4. The summed E-state index contributed by atoms with van der Waals surface area (Å²) in [6, 6.07) is 16.3. The molecule has 57 heavy (non-hydrogen) atoms. The molecule has 0 unspecified atom stereocenters. The van der Waals surface area contributed by atoms with Gasteiger partial charge in [-0.3, -0.25) is 9.59 Å². The van der Waals surface area contributed by atoms with Crippen molar-refractivity contribution in [2.24, 2.45) is 11.3 Å². The summed E-state index contributed by atoms with van der Waals surface area (Å²) in [7, 11) is 2.71. The van der Waals surface area contributed by atoms with Crippen LogP contribution in [0.3, 0.4) is 0 Å². The Morgan fingerprint density at radius 1 is 0.947 bits per heavy atom. The number of rotatable bonds is 14. The third-order valence-electron chi connectivity index (χ3n) is 10.1. The monoisotopic (exact) mass is 788 g/mol. The number of nitrogens with one attached hydrogen (secondary N) is 3. The molecule has 304 valence electrons. The zero-order valence-corrected chi connectivity index (χ0v) is 32.8. The van der Waals surface area contributed by atoms with Gasteiger partial charge in [0, 0.05) is 29.3 Å².